The van der Waals surface area contributed by atoms with Crippen molar-refractivity contribution in [2.45, 2.75) is 39.2 Å². The molecule has 0 aliphatic carbocycles. The molecule has 1 aliphatic rings. The summed E-state index contributed by atoms with van der Waals surface area (Å²) in [5.41, 5.74) is 0.648. The van der Waals surface area contributed by atoms with Crippen LogP contribution in [0.25, 0.3) is 11.4 Å². The fourth-order valence-electron chi connectivity index (χ4n) is 3.15. The van der Waals surface area contributed by atoms with Crippen molar-refractivity contribution in [2.24, 2.45) is 5.92 Å². The molecule has 26 heavy (non-hydrogen) atoms. The van der Waals surface area contributed by atoms with Gasteiger partial charge in [-0.05, 0) is 44.4 Å². The standard InChI is InChI=1S/C20H25FN4O/c1-3-14(2)23-20(26)16-7-5-11-25(13-16)18-9-10-22-19(24-18)15-6-4-8-17(21)12-15/h4,6,8-10,12,14,16H,3,5,7,11,13H2,1-2H3,(H,23,26). The van der Waals surface area contributed by atoms with Crippen LogP contribution in [-0.4, -0.2) is 35.0 Å². The molecule has 2 aromatic rings. The molecule has 2 heterocycles. The highest BCUT2D eigenvalue weighted by Gasteiger charge is 2.27. The Morgan fingerprint density at radius 2 is 2.27 bits per heavy atom. The van der Waals surface area contributed by atoms with Crippen LogP contribution in [0.4, 0.5) is 10.2 Å². The number of aromatic nitrogens is 2. The summed E-state index contributed by atoms with van der Waals surface area (Å²) in [6, 6.07) is 8.31. The fraction of sp³-hybridized carbons (Fsp3) is 0.450. The van der Waals surface area contributed by atoms with Gasteiger partial charge in [-0.15, -0.1) is 0 Å². The topological polar surface area (TPSA) is 58.1 Å². The molecule has 6 heteroatoms. The lowest BCUT2D eigenvalue weighted by Crippen LogP contribution is -2.45. The van der Waals surface area contributed by atoms with Crippen LogP contribution >= 0.6 is 0 Å². The quantitative estimate of drug-likeness (QED) is 0.892. The Morgan fingerprint density at radius 1 is 1.42 bits per heavy atom. The zero-order chi connectivity index (χ0) is 18.5. The van der Waals surface area contributed by atoms with Gasteiger partial charge in [0.25, 0.3) is 0 Å². The Balaban J connectivity index is 1.74. The molecule has 3 rings (SSSR count). The second-order valence-electron chi connectivity index (χ2n) is 6.85. The summed E-state index contributed by atoms with van der Waals surface area (Å²) < 4.78 is 13.5. The number of carbonyl (C=O) groups is 1. The molecule has 1 fully saturated rings. The van der Waals surface area contributed by atoms with Crippen molar-refractivity contribution in [1.29, 1.82) is 0 Å². The maximum absolute atomic E-state index is 13.5. The zero-order valence-corrected chi connectivity index (χ0v) is 15.3. The first-order chi connectivity index (χ1) is 12.6. The Labute approximate surface area is 153 Å². The van der Waals surface area contributed by atoms with Gasteiger partial charge in [0.2, 0.25) is 5.91 Å². The van der Waals surface area contributed by atoms with E-state index in [9.17, 15) is 9.18 Å². The van der Waals surface area contributed by atoms with Crippen molar-refractivity contribution in [2.75, 3.05) is 18.0 Å². The molecule has 0 bridgehead atoms. The number of amides is 1. The summed E-state index contributed by atoms with van der Waals surface area (Å²) in [6.07, 6.45) is 4.44. The number of halogens is 1. The average Bonchev–Trinajstić information content (AvgIpc) is 2.68. The third kappa shape index (κ3) is 4.36. The highest BCUT2D eigenvalue weighted by atomic mass is 19.1. The minimum Gasteiger partial charge on any atom is -0.356 e. The first kappa shape index (κ1) is 18.3. The molecule has 1 saturated heterocycles. The SMILES string of the molecule is CCC(C)NC(=O)C1CCCN(c2ccnc(-c3cccc(F)c3)n2)C1. The number of hydrogen-bond donors (Lipinski definition) is 1. The van der Waals surface area contributed by atoms with Crippen molar-refractivity contribution >= 4 is 11.7 Å². The Bertz CT molecular complexity index is 767. The number of benzene rings is 1. The van der Waals surface area contributed by atoms with E-state index in [-0.39, 0.29) is 23.7 Å². The minimum absolute atomic E-state index is 0.0367. The van der Waals surface area contributed by atoms with E-state index in [1.54, 1.807) is 18.3 Å². The summed E-state index contributed by atoms with van der Waals surface area (Å²) in [7, 11) is 0. The van der Waals surface area contributed by atoms with Gasteiger partial charge in [0.15, 0.2) is 5.82 Å². The highest BCUT2D eigenvalue weighted by Crippen LogP contribution is 2.24. The molecule has 1 aliphatic heterocycles. The predicted molar refractivity (Wildman–Crippen MR) is 100 cm³/mol. The molecular formula is C20H25FN4O. The van der Waals surface area contributed by atoms with Crippen LogP contribution in [0, 0.1) is 11.7 Å². The van der Waals surface area contributed by atoms with Crippen molar-refractivity contribution in [3.8, 4) is 11.4 Å². The van der Waals surface area contributed by atoms with Gasteiger partial charge in [0, 0.05) is 30.9 Å². The number of piperidine rings is 1. The minimum atomic E-state index is -0.309. The molecular weight excluding hydrogens is 331 g/mol. The van der Waals surface area contributed by atoms with Crippen LogP contribution in [0.3, 0.4) is 0 Å². The lowest BCUT2D eigenvalue weighted by Gasteiger charge is -2.33. The van der Waals surface area contributed by atoms with Crippen molar-refractivity contribution in [3.05, 3.63) is 42.3 Å². The van der Waals surface area contributed by atoms with E-state index in [2.05, 4.69) is 27.1 Å². The largest absolute Gasteiger partial charge is 0.356 e. The first-order valence-electron chi connectivity index (χ1n) is 9.21. The molecule has 1 aromatic carbocycles. The Morgan fingerprint density at radius 3 is 3.04 bits per heavy atom. The molecule has 2 atom stereocenters. The van der Waals surface area contributed by atoms with E-state index >= 15 is 0 Å². The third-order valence-corrected chi connectivity index (χ3v) is 4.84. The molecule has 2 unspecified atom stereocenters. The van der Waals surface area contributed by atoms with Crippen LogP contribution in [0.5, 0.6) is 0 Å². The van der Waals surface area contributed by atoms with Crippen LogP contribution in [0.1, 0.15) is 33.1 Å². The van der Waals surface area contributed by atoms with E-state index < -0.39 is 0 Å². The average molecular weight is 356 g/mol. The first-order valence-corrected chi connectivity index (χ1v) is 9.21. The van der Waals surface area contributed by atoms with Gasteiger partial charge < -0.3 is 10.2 Å². The van der Waals surface area contributed by atoms with Gasteiger partial charge in [0.1, 0.15) is 11.6 Å². The lowest BCUT2D eigenvalue weighted by atomic mass is 9.96. The van der Waals surface area contributed by atoms with Crippen molar-refractivity contribution < 1.29 is 9.18 Å². The smallest absolute Gasteiger partial charge is 0.225 e. The molecule has 1 aromatic heterocycles. The molecule has 1 N–H and O–H groups in total. The molecule has 0 spiro atoms. The molecule has 0 radical (unpaired) electrons. The second-order valence-corrected chi connectivity index (χ2v) is 6.85. The summed E-state index contributed by atoms with van der Waals surface area (Å²) in [4.78, 5) is 23.4. The van der Waals surface area contributed by atoms with Crippen molar-refractivity contribution in [3.63, 3.8) is 0 Å². The summed E-state index contributed by atoms with van der Waals surface area (Å²) in [6.45, 7) is 5.58. The van der Waals surface area contributed by atoms with Crippen LogP contribution in [-0.2, 0) is 4.79 Å². The predicted octanol–water partition coefficient (Wildman–Crippen LogP) is 3.41. The monoisotopic (exact) mass is 356 g/mol. The highest BCUT2D eigenvalue weighted by molar-refractivity contribution is 5.79. The van der Waals surface area contributed by atoms with E-state index in [0.29, 0.717) is 17.9 Å². The van der Waals surface area contributed by atoms with Gasteiger partial charge in [-0.25, -0.2) is 14.4 Å². The van der Waals surface area contributed by atoms with Crippen molar-refractivity contribution in [1.82, 2.24) is 15.3 Å². The van der Waals surface area contributed by atoms with E-state index in [4.69, 9.17) is 0 Å². The zero-order valence-electron chi connectivity index (χ0n) is 15.3. The van der Waals surface area contributed by atoms with Crippen LogP contribution < -0.4 is 10.2 Å². The number of nitrogens with zero attached hydrogens (tertiary/aromatic N) is 3. The number of nitrogens with one attached hydrogen (secondary N) is 1. The molecule has 0 saturated carbocycles. The van der Waals surface area contributed by atoms with Gasteiger partial charge >= 0.3 is 0 Å². The summed E-state index contributed by atoms with van der Waals surface area (Å²) in [5.74, 6) is 1.04. The second kappa shape index (κ2) is 8.25. The summed E-state index contributed by atoms with van der Waals surface area (Å²) >= 11 is 0. The van der Waals surface area contributed by atoms with Gasteiger partial charge in [-0.1, -0.05) is 19.1 Å². The molecule has 138 valence electrons. The van der Waals surface area contributed by atoms with Crippen LogP contribution in [0.2, 0.25) is 0 Å². The maximum atomic E-state index is 13.5. The third-order valence-electron chi connectivity index (χ3n) is 4.84. The van der Waals surface area contributed by atoms with Crippen LogP contribution in [0.15, 0.2) is 36.5 Å². The Hall–Kier alpha value is -2.50. The number of rotatable bonds is 5. The van der Waals surface area contributed by atoms with Gasteiger partial charge in [-0.2, -0.15) is 0 Å². The molecule has 5 nitrogen and oxygen atoms in total. The molecule has 1 amide bonds. The van der Waals surface area contributed by atoms with E-state index in [1.807, 2.05) is 13.0 Å². The maximum Gasteiger partial charge on any atom is 0.225 e. The summed E-state index contributed by atoms with van der Waals surface area (Å²) in [5, 5.41) is 3.07. The van der Waals surface area contributed by atoms with E-state index in [1.165, 1.54) is 12.1 Å². The lowest BCUT2D eigenvalue weighted by molar-refractivity contribution is -0.125. The van der Waals surface area contributed by atoms with Gasteiger partial charge in [0.05, 0.1) is 5.92 Å². The fourth-order valence-corrected chi connectivity index (χ4v) is 3.15. The number of anilines is 1. The number of carbonyl (C=O) groups excluding carboxylic acids is 1. The van der Waals surface area contributed by atoms with E-state index in [0.717, 1.165) is 31.6 Å². The number of hydrogen-bond acceptors (Lipinski definition) is 4. The Kier molecular flexibility index (Phi) is 5.81. The normalized spacial score (nSPS) is 18.4. The van der Waals surface area contributed by atoms with Gasteiger partial charge in [-0.3, -0.25) is 4.79 Å².